The maximum Gasteiger partial charge on any atom is 0.329 e. The van der Waals surface area contributed by atoms with Gasteiger partial charge in [-0.15, -0.1) is 0 Å². The van der Waals surface area contributed by atoms with Gasteiger partial charge in [0.2, 0.25) is 0 Å². The first-order chi connectivity index (χ1) is 17.9. The lowest BCUT2D eigenvalue weighted by Gasteiger charge is -2.13. The van der Waals surface area contributed by atoms with E-state index in [0.717, 1.165) is 0 Å². The Hall–Kier alpha value is -4.57. The van der Waals surface area contributed by atoms with E-state index in [2.05, 4.69) is 21.2 Å². The van der Waals surface area contributed by atoms with Crippen LogP contribution in [-0.2, 0) is 14.4 Å². The molecule has 3 amide bonds. The molecule has 0 bridgehead atoms. The van der Waals surface area contributed by atoms with Crippen molar-refractivity contribution in [1.29, 1.82) is 0 Å². The highest BCUT2D eigenvalue weighted by atomic mass is 35.5. The van der Waals surface area contributed by atoms with Gasteiger partial charge in [0.05, 0.1) is 30.6 Å². The first kappa shape index (κ1) is 27.0. The van der Waals surface area contributed by atoms with Crippen LogP contribution in [0.5, 0.6) is 17.2 Å². The summed E-state index contributed by atoms with van der Waals surface area (Å²) in [6.45, 7) is 2.11. The number of anilines is 2. The molecule has 192 valence electrons. The van der Waals surface area contributed by atoms with E-state index >= 15 is 0 Å². The van der Waals surface area contributed by atoms with Crippen molar-refractivity contribution in [3.05, 3.63) is 77.3 Å². The molecule has 0 fully saturated rings. The highest BCUT2D eigenvalue weighted by molar-refractivity contribution is 6.41. The summed E-state index contributed by atoms with van der Waals surface area (Å²) in [5.74, 6) is -1.08. The van der Waals surface area contributed by atoms with Crippen molar-refractivity contribution in [2.45, 2.75) is 6.92 Å². The van der Waals surface area contributed by atoms with Crippen LogP contribution in [0.3, 0.4) is 0 Å². The molecule has 0 saturated heterocycles. The highest BCUT2D eigenvalue weighted by Crippen LogP contribution is 2.30. The second kappa shape index (κ2) is 13.5. The number of rotatable bonds is 10. The summed E-state index contributed by atoms with van der Waals surface area (Å²) in [6, 6.07) is 18.4. The third kappa shape index (κ3) is 7.97. The molecule has 0 spiro atoms. The molecular weight excluding hydrogens is 500 g/mol. The van der Waals surface area contributed by atoms with Gasteiger partial charge < -0.3 is 24.8 Å². The molecule has 11 heteroatoms. The van der Waals surface area contributed by atoms with Crippen LogP contribution in [0.2, 0.25) is 5.02 Å². The van der Waals surface area contributed by atoms with Crippen LogP contribution in [-0.4, -0.2) is 44.3 Å². The molecule has 0 aliphatic rings. The standard InChI is InChI=1S/C26H25ClN4O6/c1-3-36-19-13-11-18(12-14-19)29-23(32)16-37-24-17(7-6-10-22(24)35-2)15-28-31-26(34)25(33)30-21-9-5-4-8-20(21)27/h4-15H,3,16H2,1-2H3,(H,29,32)(H,30,33)(H,31,34)/b28-15-. The molecule has 3 N–H and O–H groups in total. The molecule has 0 heterocycles. The average Bonchev–Trinajstić information content (AvgIpc) is 2.90. The van der Waals surface area contributed by atoms with E-state index in [1.165, 1.54) is 13.3 Å². The van der Waals surface area contributed by atoms with Crippen molar-refractivity contribution in [3.8, 4) is 17.2 Å². The number of nitrogens with zero attached hydrogens (tertiary/aromatic N) is 1. The summed E-state index contributed by atoms with van der Waals surface area (Å²) in [5.41, 5.74) is 3.41. The van der Waals surface area contributed by atoms with E-state index in [1.807, 2.05) is 6.92 Å². The first-order valence-corrected chi connectivity index (χ1v) is 11.5. The third-order valence-corrected chi connectivity index (χ3v) is 5.05. The normalized spacial score (nSPS) is 10.5. The Balaban J connectivity index is 1.60. The van der Waals surface area contributed by atoms with E-state index < -0.39 is 17.7 Å². The first-order valence-electron chi connectivity index (χ1n) is 11.1. The summed E-state index contributed by atoms with van der Waals surface area (Å²) < 4.78 is 16.4. The van der Waals surface area contributed by atoms with Gasteiger partial charge in [-0.2, -0.15) is 5.10 Å². The van der Waals surface area contributed by atoms with Gasteiger partial charge in [-0.1, -0.05) is 29.8 Å². The van der Waals surface area contributed by atoms with Crippen LogP contribution in [0.4, 0.5) is 11.4 Å². The Morgan fingerprint density at radius 2 is 1.68 bits per heavy atom. The Morgan fingerprint density at radius 1 is 0.919 bits per heavy atom. The summed E-state index contributed by atoms with van der Waals surface area (Å²) in [7, 11) is 1.45. The number of ether oxygens (including phenoxy) is 3. The number of carbonyl (C=O) groups excluding carboxylic acids is 3. The van der Waals surface area contributed by atoms with Crippen molar-refractivity contribution >= 4 is 46.9 Å². The Kier molecular flexibility index (Phi) is 9.86. The van der Waals surface area contributed by atoms with Crippen LogP contribution in [0.15, 0.2) is 71.8 Å². The minimum atomic E-state index is -1.00. The minimum Gasteiger partial charge on any atom is -0.494 e. The van der Waals surface area contributed by atoms with Crippen molar-refractivity contribution in [2.24, 2.45) is 5.10 Å². The fraction of sp³-hybridized carbons (Fsp3) is 0.154. The van der Waals surface area contributed by atoms with Gasteiger partial charge in [-0.25, -0.2) is 5.43 Å². The summed E-state index contributed by atoms with van der Waals surface area (Å²) in [5, 5.41) is 9.23. The number of nitrogens with one attached hydrogen (secondary N) is 3. The van der Waals surface area contributed by atoms with Crippen molar-refractivity contribution in [1.82, 2.24) is 5.43 Å². The number of hydrazone groups is 1. The van der Waals surface area contributed by atoms with E-state index in [-0.39, 0.29) is 17.4 Å². The van der Waals surface area contributed by atoms with Gasteiger partial charge in [0.1, 0.15) is 5.75 Å². The number of para-hydroxylation sites is 2. The molecule has 0 aliphatic carbocycles. The molecule has 3 aromatic rings. The number of benzene rings is 3. The molecule has 0 atom stereocenters. The third-order valence-electron chi connectivity index (χ3n) is 4.72. The monoisotopic (exact) mass is 524 g/mol. The minimum absolute atomic E-state index is 0.227. The number of halogens is 1. The van der Waals surface area contributed by atoms with E-state index in [1.54, 1.807) is 66.7 Å². The molecule has 0 aromatic heterocycles. The number of amides is 3. The molecule has 0 saturated carbocycles. The Morgan fingerprint density at radius 3 is 2.38 bits per heavy atom. The van der Waals surface area contributed by atoms with Crippen LogP contribution in [0.1, 0.15) is 12.5 Å². The second-order valence-corrected chi connectivity index (χ2v) is 7.71. The molecule has 0 aliphatic heterocycles. The largest absolute Gasteiger partial charge is 0.494 e. The van der Waals surface area contributed by atoms with Crippen LogP contribution >= 0.6 is 11.6 Å². The van der Waals surface area contributed by atoms with Crippen molar-refractivity contribution in [2.75, 3.05) is 31.0 Å². The maximum atomic E-state index is 12.4. The maximum absolute atomic E-state index is 12.4. The van der Waals surface area contributed by atoms with Gasteiger partial charge in [0.25, 0.3) is 5.91 Å². The van der Waals surface area contributed by atoms with Crippen molar-refractivity contribution in [3.63, 3.8) is 0 Å². The quantitative estimate of drug-likeness (QED) is 0.210. The number of hydrogen-bond donors (Lipinski definition) is 3. The van der Waals surface area contributed by atoms with Gasteiger partial charge in [-0.05, 0) is 55.5 Å². The van der Waals surface area contributed by atoms with Crippen LogP contribution < -0.4 is 30.3 Å². The van der Waals surface area contributed by atoms with Gasteiger partial charge in [-0.3, -0.25) is 14.4 Å². The van der Waals surface area contributed by atoms with Crippen LogP contribution in [0.25, 0.3) is 0 Å². The fourth-order valence-corrected chi connectivity index (χ4v) is 3.22. The fourth-order valence-electron chi connectivity index (χ4n) is 3.04. The topological polar surface area (TPSA) is 127 Å². The van der Waals surface area contributed by atoms with Gasteiger partial charge in [0.15, 0.2) is 18.1 Å². The van der Waals surface area contributed by atoms with Crippen LogP contribution in [0, 0.1) is 0 Å². The molecule has 10 nitrogen and oxygen atoms in total. The lowest BCUT2D eigenvalue weighted by atomic mass is 10.2. The zero-order valence-corrected chi connectivity index (χ0v) is 20.9. The number of hydrogen-bond acceptors (Lipinski definition) is 7. The Bertz CT molecular complexity index is 1280. The summed E-state index contributed by atoms with van der Waals surface area (Å²) in [6.07, 6.45) is 1.27. The van der Waals surface area contributed by atoms with E-state index in [0.29, 0.717) is 35.0 Å². The Labute approximate surface area is 218 Å². The SMILES string of the molecule is CCOc1ccc(NC(=O)COc2c(/C=N\NC(=O)C(=O)Nc3ccccc3Cl)cccc2OC)cc1. The highest BCUT2D eigenvalue weighted by Gasteiger charge is 2.15. The molecular formula is C26H25ClN4O6. The average molecular weight is 525 g/mol. The summed E-state index contributed by atoms with van der Waals surface area (Å²) in [4.78, 5) is 36.6. The predicted molar refractivity (Wildman–Crippen MR) is 141 cm³/mol. The number of methoxy groups -OCH3 is 1. The zero-order valence-electron chi connectivity index (χ0n) is 20.1. The lowest BCUT2D eigenvalue weighted by Crippen LogP contribution is -2.32. The van der Waals surface area contributed by atoms with E-state index in [9.17, 15) is 14.4 Å². The van der Waals surface area contributed by atoms with Gasteiger partial charge in [0, 0.05) is 11.3 Å². The smallest absolute Gasteiger partial charge is 0.329 e. The second-order valence-electron chi connectivity index (χ2n) is 7.31. The molecule has 3 aromatic carbocycles. The molecule has 0 unspecified atom stereocenters. The van der Waals surface area contributed by atoms with E-state index in [4.69, 9.17) is 25.8 Å². The predicted octanol–water partition coefficient (Wildman–Crippen LogP) is 3.85. The molecule has 0 radical (unpaired) electrons. The van der Waals surface area contributed by atoms with Crippen molar-refractivity contribution < 1.29 is 28.6 Å². The zero-order chi connectivity index (χ0) is 26.6. The van der Waals surface area contributed by atoms with Gasteiger partial charge >= 0.3 is 11.8 Å². The number of carbonyl (C=O) groups is 3. The molecule has 37 heavy (non-hydrogen) atoms. The lowest BCUT2D eigenvalue weighted by molar-refractivity contribution is -0.136. The summed E-state index contributed by atoms with van der Waals surface area (Å²) >= 11 is 5.98. The molecule has 3 rings (SSSR count).